The van der Waals surface area contributed by atoms with Gasteiger partial charge in [0.25, 0.3) is 0 Å². The van der Waals surface area contributed by atoms with Crippen LogP contribution in [-0.4, -0.2) is 16.1 Å². The Morgan fingerprint density at radius 1 is 1.29 bits per heavy atom. The predicted molar refractivity (Wildman–Crippen MR) is 54.9 cm³/mol. The molecule has 3 nitrogen and oxygen atoms in total. The molecule has 0 fully saturated rings. The van der Waals surface area contributed by atoms with Gasteiger partial charge in [-0.1, -0.05) is 20.8 Å². The van der Waals surface area contributed by atoms with Crippen LogP contribution in [0.3, 0.4) is 0 Å². The molecule has 0 bridgehead atoms. The maximum absolute atomic E-state index is 12.5. The Kier molecular flexibility index (Phi) is 3.18. The Balaban J connectivity index is 3.43. The third-order valence-electron chi connectivity index (χ3n) is 2.25. The van der Waals surface area contributed by atoms with Crippen LogP contribution in [0.5, 0.6) is 0 Å². The second kappa shape index (κ2) is 4.01. The van der Waals surface area contributed by atoms with Gasteiger partial charge in [0, 0.05) is 6.20 Å². The molecular formula is C11H12F3NO2. The minimum atomic E-state index is -4.76. The molecule has 6 heteroatoms. The summed E-state index contributed by atoms with van der Waals surface area (Å²) in [4.78, 5) is 14.0. The number of halogens is 3. The summed E-state index contributed by atoms with van der Waals surface area (Å²) in [5.41, 5.74) is -2.19. The van der Waals surface area contributed by atoms with Crippen LogP contribution in [-0.2, 0) is 11.6 Å². The van der Waals surface area contributed by atoms with E-state index in [-0.39, 0.29) is 0 Å². The molecule has 17 heavy (non-hydrogen) atoms. The molecule has 1 N–H and O–H groups in total. The van der Waals surface area contributed by atoms with Gasteiger partial charge in [-0.25, -0.2) is 4.79 Å². The molecule has 0 amide bonds. The minimum absolute atomic E-state index is 0.447. The van der Waals surface area contributed by atoms with Crippen LogP contribution >= 0.6 is 0 Å². The van der Waals surface area contributed by atoms with E-state index in [9.17, 15) is 18.0 Å². The van der Waals surface area contributed by atoms with E-state index < -0.39 is 28.8 Å². The Morgan fingerprint density at radius 3 is 2.18 bits per heavy atom. The van der Waals surface area contributed by atoms with Gasteiger partial charge in [-0.2, -0.15) is 13.2 Å². The monoisotopic (exact) mass is 247 g/mol. The van der Waals surface area contributed by atoms with Gasteiger partial charge in [-0.15, -0.1) is 0 Å². The lowest BCUT2D eigenvalue weighted by molar-refractivity contribution is -0.141. The number of rotatable bonds is 1. The average molecular weight is 247 g/mol. The van der Waals surface area contributed by atoms with Gasteiger partial charge in [0.05, 0.1) is 5.56 Å². The zero-order valence-electron chi connectivity index (χ0n) is 9.59. The predicted octanol–water partition coefficient (Wildman–Crippen LogP) is 3.10. The van der Waals surface area contributed by atoms with Crippen LogP contribution in [0.1, 0.15) is 42.4 Å². The van der Waals surface area contributed by atoms with Gasteiger partial charge in [-0.3, -0.25) is 4.98 Å². The summed E-state index contributed by atoms with van der Waals surface area (Å²) in [5, 5.41) is 8.78. The first-order chi connectivity index (χ1) is 7.53. The summed E-state index contributed by atoms with van der Waals surface area (Å²) in [6, 6.07) is 1.03. The minimum Gasteiger partial charge on any atom is -0.478 e. The highest BCUT2D eigenvalue weighted by molar-refractivity contribution is 5.89. The summed E-state index contributed by atoms with van der Waals surface area (Å²) in [6.45, 7) is 5.30. The number of alkyl halides is 3. The largest absolute Gasteiger partial charge is 0.478 e. The van der Waals surface area contributed by atoms with Crippen molar-refractivity contribution in [3.63, 3.8) is 0 Å². The molecule has 0 atom stereocenters. The smallest absolute Gasteiger partial charge is 0.434 e. The van der Waals surface area contributed by atoms with Crippen LogP contribution in [0.2, 0.25) is 0 Å². The van der Waals surface area contributed by atoms with Gasteiger partial charge in [0.15, 0.2) is 5.69 Å². The maximum Gasteiger partial charge on any atom is 0.434 e. The fourth-order valence-corrected chi connectivity index (χ4v) is 1.26. The molecule has 0 aliphatic carbocycles. The molecule has 0 aromatic carbocycles. The van der Waals surface area contributed by atoms with Gasteiger partial charge >= 0.3 is 12.1 Å². The van der Waals surface area contributed by atoms with Crippen molar-refractivity contribution >= 4 is 5.97 Å². The van der Waals surface area contributed by atoms with Crippen molar-refractivity contribution < 1.29 is 23.1 Å². The van der Waals surface area contributed by atoms with Crippen LogP contribution in [0, 0.1) is 0 Å². The van der Waals surface area contributed by atoms with Crippen molar-refractivity contribution in [2.75, 3.05) is 0 Å². The molecular weight excluding hydrogens is 235 g/mol. The Hall–Kier alpha value is -1.59. The van der Waals surface area contributed by atoms with E-state index >= 15 is 0 Å². The van der Waals surface area contributed by atoms with Crippen molar-refractivity contribution in [3.8, 4) is 0 Å². The van der Waals surface area contributed by atoms with E-state index in [4.69, 9.17) is 5.11 Å². The van der Waals surface area contributed by atoms with Crippen LogP contribution in [0.25, 0.3) is 0 Å². The molecule has 0 saturated carbocycles. The first-order valence-corrected chi connectivity index (χ1v) is 4.84. The van der Waals surface area contributed by atoms with Crippen LogP contribution in [0.4, 0.5) is 13.2 Å². The van der Waals surface area contributed by atoms with E-state index in [1.165, 1.54) is 0 Å². The molecule has 94 valence electrons. The summed E-state index contributed by atoms with van der Waals surface area (Å²) >= 11 is 0. The standard InChI is InChI=1S/C11H12F3NO2/c1-10(2,3)6-4-7(9(16)17)8(15-5-6)11(12,13)14/h4-5H,1-3H3,(H,16,17). The summed E-state index contributed by atoms with van der Waals surface area (Å²) < 4.78 is 37.5. The number of hydrogen-bond donors (Lipinski definition) is 1. The lowest BCUT2D eigenvalue weighted by Gasteiger charge is -2.20. The molecule has 1 heterocycles. The first-order valence-electron chi connectivity index (χ1n) is 4.84. The van der Waals surface area contributed by atoms with Gasteiger partial charge in [0.1, 0.15) is 0 Å². The highest BCUT2D eigenvalue weighted by Crippen LogP contribution is 2.32. The van der Waals surface area contributed by atoms with Crippen molar-refractivity contribution in [3.05, 3.63) is 29.1 Å². The fourth-order valence-electron chi connectivity index (χ4n) is 1.26. The second-order valence-corrected chi connectivity index (χ2v) is 4.67. The number of aromatic nitrogens is 1. The molecule has 0 spiro atoms. The zero-order valence-corrected chi connectivity index (χ0v) is 9.59. The maximum atomic E-state index is 12.5. The molecule has 1 rings (SSSR count). The quantitative estimate of drug-likeness (QED) is 0.829. The molecule has 1 aromatic heterocycles. The van der Waals surface area contributed by atoms with E-state index in [0.717, 1.165) is 12.3 Å². The Bertz CT molecular complexity index is 447. The molecule has 1 aromatic rings. The first kappa shape index (κ1) is 13.5. The van der Waals surface area contributed by atoms with Gasteiger partial charge in [0.2, 0.25) is 0 Å². The molecule has 0 saturated heterocycles. The highest BCUT2D eigenvalue weighted by atomic mass is 19.4. The van der Waals surface area contributed by atoms with E-state index in [1.807, 2.05) is 0 Å². The zero-order chi connectivity index (χ0) is 13.4. The number of nitrogens with zero attached hydrogens (tertiary/aromatic N) is 1. The van der Waals surface area contributed by atoms with Gasteiger partial charge in [-0.05, 0) is 17.0 Å². The van der Waals surface area contributed by atoms with Crippen molar-refractivity contribution in [1.82, 2.24) is 4.98 Å². The fraction of sp³-hybridized carbons (Fsp3) is 0.455. The number of carboxylic acid groups (broad SMARTS) is 1. The molecule has 0 aliphatic heterocycles. The average Bonchev–Trinajstić information content (AvgIpc) is 2.14. The highest BCUT2D eigenvalue weighted by Gasteiger charge is 2.37. The summed E-state index contributed by atoms with van der Waals surface area (Å²) in [6.07, 6.45) is -3.70. The third kappa shape index (κ3) is 2.95. The number of carbonyl (C=O) groups is 1. The van der Waals surface area contributed by atoms with Gasteiger partial charge < -0.3 is 5.11 Å². The van der Waals surface area contributed by atoms with E-state index in [0.29, 0.717) is 5.56 Å². The number of aromatic carboxylic acids is 1. The molecule has 0 radical (unpaired) electrons. The van der Waals surface area contributed by atoms with E-state index in [1.54, 1.807) is 20.8 Å². The van der Waals surface area contributed by atoms with Crippen LogP contribution in [0.15, 0.2) is 12.3 Å². The van der Waals surface area contributed by atoms with Crippen LogP contribution < -0.4 is 0 Å². The normalized spacial score (nSPS) is 12.6. The van der Waals surface area contributed by atoms with E-state index in [2.05, 4.69) is 4.98 Å². The second-order valence-electron chi connectivity index (χ2n) is 4.67. The lowest BCUT2D eigenvalue weighted by Crippen LogP contribution is -2.19. The van der Waals surface area contributed by atoms with Crippen molar-refractivity contribution in [2.45, 2.75) is 32.4 Å². The SMILES string of the molecule is CC(C)(C)c1cnc(C(F)(F)F)c(C(=O)O)c1. The Labute approximate surface area is 96.3 Å². The summed E-state index contributed by atoms with van der Waals surface area (Å²) in [5.74, 6) is -1.63. The molecule has 0 aliphatic rings. The topological polar surface area (TPSA) is 50.2 Å². The lowest BCUT2D eigenvalue weighted by atomic mass is 9.87. The number of pyridine rings is 1. The number of hydrogen-bond acceptors (Lipinski definition) is 2. The Morgan fingerprint density at radius 2 is 1.82 bits per heavy atom. The summed E-state index contributed by atoms with van der Waals surface area (Å²) in [7, 11) is 0. The van der Waals surface area contributed by atoms with Crippen molar-refractivity contribution in [1.29, 1.82) is 0 Å². The van der Waals surface area contributed by atoms with Crippen molar-refractivity contribution in [2.24, 2.45) is 0 Å². The third-order valence-corrected chi connectivity index (χ3v) is 2.25. The number of carboxylic acids is 1. The molecule has 0 unspecified atom stereocenters.